The quantitative estimate of drug-likeness (QED) is 0.361. The molecule has 1 saturated heterocycles. The second kappa shape index (κ2) is 10.5. The Bertz CT molecular complexity index is 1250. The van der Waals surface area contributed by atoms with Gasteiger partial charge in [0.2, 0.25) is 11.8 Å². The van der Waals surface area contributed by atoms with Crippen LogP contribution in [0.1, 0.15) is 50.7 Å². The van der Waals surface area contributed by atoms with Crippen molar-refractivity contribution >= 4 is 29.1 Å². The smallest absolute Gasteiger partial charge is 0.237 e. The maximum atomic E-state index is 15.4. The molecule has 11 heteroatoms. The number of hydrogen-bond donors (Lipinski definition) is 5. The van der Waals surface area contributed by atoms with Crippen molar-refractivity contribution in [3.8, 4) is 0 Å². The summed E-state index contributed by atoms with van der Waals surface area (Å²) in [6.45, 7) is 5.29. The fraction of sp³-hybridized carbons (Fsp3) is 0.481. The van der Waals surface area contributed by atoms with Crippen LogP contribution in [0.2, 0.25) is 5.02 Å². The molecule has 2 aliphatic rings. The summed E-state index contributed by atoms with van der Waals surface area (Å²) in [5, 5.41) is 27.1. The van der Waals surface area contributed by atoms with Crippen molar-refractivity contribution in [2.75, 3.05) is 18.5 Å². The van der Waals surface area contributed by atoms with Gasteiger partial charge < -0.3 is 26.2 Å². The first-order chi connectivity index (χ1) is 17.8. The third-order valence-electron chi connectivity index (χ3n) is 7.26. The van der Waals surface area contributed by atoms with E-state index in [4.69, 9.17) is 16.7 Å². The molecule has 0 aliphatic carbocycles. The molecule has 0 unspecified atom stereocenters. The molecule has 4 rings (SSSR count). The van der Waals surface area contributed by atoms with Crippen LogP contribution in [0.4, 0.5) is 18.9 Å². The third kappa shape index (κ3) is 5.02. The lowest BCUT2D eigenvalue weighted by Gasteiger charge is -2.37. The van der Waals surface area contributed by atoms with Crippen molar-refractivity contribution in [1.29, 1.82) is 0 Å². The number of fused-ring (bicyclic) bond motifs is 2. The summed E-state index contributed by atoms with van der Waals surface area (Å²) in [6, 6.07) is 3.21. The highest BCUT2D eigenvalue weighted by Gasteiger charge is 2.66. The molecule has 2 aromatic carbocycles. The van der Waals surface area contributed by atoms with Crippen molar-refractivity contribution in [1.82, 2.24) is 10.6 Å². The highest BCUT2D eigenvalue weighted by atomic mass is 35.5. The molecule has 5 N–H and O–H groups in total. The largest absolute Gasteiger partial charge is 0.394 e. The first-order valence-electron chi connectivity index (χ1n) is 12.4. The molecule has 2 amide bonds. The number of hydrogen-bond acceptors (Lipinski definition) is 5. The van der Waals surface area contributed by atoms with Crippen LogP contribution in [-0.4, -0.2) is 53.4 Å². The number of anilines is 1. The zero-order valence-corrected chi connectivity index (χ0v) is 22.0. The Morgan fingerprint density at radius 1 is 1.18 bits per heavy atom. The molecule has 0 bridgehead atoms. The van der Waals surface area contributed by atoms with Crippen LogP contribution < -0.4 is 16.0 Å². The number of nitrogens with one attached hydrogen (secondary N) is 3. The van der Waals surface area contributed by atoms with Crippen molar-refractivity contribution in [3.05, 3.63) is 63.9 Å². The van der Waals surface area contributed by atoms with Crippen molar-refractivity contribution in [2.24, 2.45) is 5.41 Å². The zero-order chi connectivity index (χ0) is 28.0. The number of rotatable bonds is 7. The molecule has 0 aromatic heterocycles. The monoisotopic (exact) mass is 553 g/mol. The molecule has 7 nitrogen and oxygen atoms in total. The minimum absolute atomic E-state index is 0.0128. The Balaban J connectivity index is 1.92. The summed E-state index contributed by atoms with van der Waals surface area (Å²) in [5.41, 5.74) is -1.85. The Labute approximate surface area is 223 Å². The number of carbonyl (C=O) groups excluding carboxylic acids is 2. The van der Waals surface area contributed by atoms with Gasteiger partial charge in [0.1, 0.15) is 22.9 Å². The van der Waals surface area contributed by atoms with E-state index in [1.54, 1.807) is 0 Å². The molecule has 206 valence electrons. The van der Waals surface area contributed by atoms with Crippen LogP contribution in [0.25, 0.3) is 0 Å². The minimum Gasteiger partial charge on any atom is -0.394 e. The van der Waals surface area contributed by atoms with E-state index in [-0.39, 0.29) is 40.2 Å². The second-order valence-electron chi connectivity index (χ2n) is 11.2. The average molecular weight is 554 g/mol. The van der Waals surface area contributed by atoms with Gasteiger partial charge in [0.25, 0.3) is 0 Å². The van der Waals surface area contributed by atoms with E-state index in [0.29, 0.717) is 6.42 Å². The summed E-state index contributed by atoms with van der Waals surface area (Å²) in [4.78, 5) is 27.5. The van der Waals surface area contributed by atoms with Gasteiger partial charge in [-0.15, -0.1) is 0 Å². The molecule has 1 fully saturated rings. The lowest BCUT2D eigenvalue weighted by atomic mass is 9.62. The van der Waals surface area contributed by atoms with E-state index in [0.717, 1.165) is 24.3 Å². The Morgan fingerprint density at radius 2 is 1.89 bits per heavy atom. The lowest BCUT2D eigenvalue weighted by molar-refractivity contribution is -0.124. The lowest BCUT2D eigenvalue weighted by Crippen LogP contribution is -2.49. The van der Waals surface area contributed by atoms with E-state index in [1.807, 2.05) is 20.8 Å². The highest BCUT2D eigenvalue weighted by Crippen LogP contribution is 2.57. The molecular weight excluding hydrogens is 523 g/mol. The minimum atomic E-state index is -1.69. The molecule has 2 aromatic rings. The number of aliphatic hydroxyl groups is 2. The van der Waals surface area contributed by atoms with Gasteiger partial charge in [0, 0.05) is 24.2 Å². The average Bonchev–Trinajstić information content (AvgIpc) is 3.30. The summed E-state index contributed by atoms with van der Waals surface area (Å²) in [7, 11) is 0. The van der Waals surface area contributed by atoms with Crippen molar-refractivity contribution in [2.45, 2.75) is 63.1 Å². The normalized spacial score (nSPS) is 25.4. The number of benzene rings is 2. The fourth-order valence-corrected chi connectivity index (χ4v) is 5.88. The number of carbonyl (C=O) groups is 2. The number of halogens is 4. The predicted molar refractivity (Wildman–Crippen MR) is 136 cm³/mol. The summed E-state index contributed by atoms with van der Waals surface area (Å²) in [5.74, 6) is -4.85. The predicted octanol–water partition coefficient (Wildman–Crippen LogP) is 3.37. The highest BCUT2D eigenvalue weighted by molar-refractivity contribution is 6.31. The number of amides is 2. The zero-order valence-electron chi connectivity index (χ0n) is 21.2. The van der Waals surface area contributed by atoms with E-state index in [9.17, 15) is 23.5 Å². The van der Waals surface area contributed by atoms with Gasteiger partial charge >= 0.3 is 0 Å². The van der Waals surface area contributed by atoms with Crippen LogP contribution in [0, 0.1) is 22.9 Å². The Kier molecular flexibility index (Phi) is 7.82. The van der Waals surface area contributed by atoms with Crippen molar-refractivity contribution < 1.29 is 33.0 Å². The van der Waals surface area contributed by atoms with E-state index in [1.165, 1.54) is 6.07 Å². The van der Waals surface area contributed by atoms with Gasteiger partial charge in [-0.2, -0.15) is 0 Å². The number of aliphatic hydroxyl groups excluding tert-OH is 2. The van der Waals surface area contributed by atoms with E-state index < -0.39 is 65.4 Å². The third-order valence-corrected chi connectivity index (χ3v) is 7.55. The van der Waals surface area contributed by atoms with Crippen LogP contribution in [0.5, 0.6) is 0 Å². The molecule has 38 heavy (non-hydrogen) atoms. The summed E-state index contributed by atoms with van der Waals surface area (Å²) in [6.07, 6.45) is -0.675. The summed E-state index contributed by atoms with van der Waals surface area (Å²) < 4.78 is 44.7. The maximum Gasteiger partial charge on any atom is 0.237 e. The molecule has 0 radical (unpaired) electrons. The van der Waals surface area contributed by atoms with Gasteiger partial charge in [0.15, 0.2) is 0 Å². The topological polar surface area (TPSA) is 111 Å². The molecule has 2 heterocycles. The molecule has 2 aliphatic heterocycles. The first kappa shape index (κ1) is 28.4. The molecular formula is C27H31ClF3N3O4. The molecule has 5 atom stereocenters. The summed E-state index contributed by atoms with van der Waals surface area (Å²) >= 11 is 6.00. The van der Waals surface area contributed by atoms with Crippen LogP contribution in [0.15, 0.2) is 30.3 Å². The SMILES string of the molecule is CC(C)(C)C[C@H]1N[C@@H](C(=O)NCC[C@H](O)CO)[C@H](c2cc(F)ccc2F)[C@@]12C(=O)Nc1cc(Cl)c(F)cc12. The maximum absolute atomic E-state index is 15.4. The van der Waals surface area contributed by atoms with Gasteiger partial charge in [-0.3, -0.25) is 9.59 Å². The van der Waals surface area contributed by atoms with Gasteiger partial charge in [-0.25, -0.2) is 13.2 Å². The van der Waals surface area contributed by atoms with Gasteiger partial charge in [-0.05, 0) is 59.7 Å². The molecule has 1 spiro atoms. The Morgan fingerprint density at radius 3 is 2.55 bits per heavy atom. The van der Waals surface area contributed by atoms with Crippen molar-refractivity contribution in [3.63, 3.8) is 0 Å². The van der Waals surface area contributed by atoms with E-state index >= 15 is 4.39 Å². The van der Waals surface area contributed by atoms with Crippen LogP contribution in [0.3, 0.4) is 0 Å². The van der Waals surface area contributed by atoms with E-state index in [2.05, 4.69) is 16.0 Å². The fourth-order valence-electron chi connectivity index (χ4n) is 5.72. The van der Waals surface area contributed by atoms with Gasteiger partial charge in [0.05, 0.1) is 23.8 Å². The first-order valence-corrected chi connectivity index (χ1v) is 12.8. The Hall–Kier alpha value is -2.66. The standard InChI is InChI=1S/C27H31ClF3N3O4/c1-26(2,3)11-21-27(16-9-19(31)17(28)10-20(16)33-25(27)38)22(15-8-13(29)4-5-18(15)30)23(34-21)24(37)32-7-6-14(36)12-35/h4-5,8-10,14,21-23,34-36H,6-7,11-12H2,1-3H3,(H,32,37)(H,33,38)/t14-,21+,22-,23+,27-/m0/s1. The van der Waals surface area contributed by atoms with Crippen LogP contribution >= 0.6 is 11.6 Å². The second-order valence-corrected chi connectivity index (χ2v) is 11.6. The molecule has 0 saturated carbocycles. The van der Waals surface area contributed by atoms with Crippen LogP contribution in [-0.2, 0) is 15.0 Å². The van der Waals surface area contributed by atoms with Gasteiger partial charge in [-0.1, -0.05) is 32.4 Å².